The molecule has 292 valence electrons. The number of anilines is 1. The van der Waals surface area contributed by atoms with Gasteiger partial charge in [0.25, 0.3) is 0 Å². The van der Waals surface area contributed by atoms with Gasteiger partial charge in [-0.2, -0.15) is 0 Å². The number of nitrogens with zero attached hydrogens (tertiary/aromatic N) is 2. The van der Waals surface area contributed by atoms with E-state index in [1.165, 1.54) is 35.2 Å². The third kappa shape index (κ3) is 8.07. The summed E-state index contributed by atoms with van der Waals surface area (Å²) < 4.78 is 19.8. The van der Waals surface area contributed by atoms with E-state index in [0.29, 0.717) is 61.4 Å². The zero-order valence-electron chi connectivity index (χ0n) is 32.8. The minimum atomic E-state index is -1.07. The van der Waals surface area contributed by atoms with Crippen molar-refractivity contribution in [3.8, 4) is 17.2 Å². The lowest BCUT2D eigenvalue weighted by atomic mass is 9.59. The summed E-state index contributed by atoms with van der Waals surface area (Å²) >= 11 is 6.32. The van der Waals surface area contributed by atoms with Crippen molar-refractivity contribution >= 4 is 23.3 Å². The van der Waals surface area contributed by atoms with E-state index in [1.54, 1.807) is 0 Å². The molecule has 0 amide bonds. The summed E-state index contributed by atoms with van der Waals surface area (Å²) in [6.07, 6.45) is 12.0. The fraction of sp³-hybridized carbons (Fsp3) is 0.600. The largest absolute Gasteiger partial charge is 0.493 e. The molecule has 8 nitrogen and oxygen atoms in total. The van der Waals surface area contributed by atoms with Crippen molar-refractivity contribution in [2.45, 2.75) is 115 Å². The monoisotopic (exact) mass is 757 g/mol. The van der Waals surface area contributed by atoms with Crippen molar-refractivity contribution in [1.82, 2.24) is 9.88 Å². The summed E-state index contributed by atoms with van der Waals surface area (Å²) in [7, 11) is 0. The van der Waals surface area contributed by atoms with E-state index < -0.39 is 11.5 Å². The predicted octanol–water partition coefficient (Wildman–Crippen LogP) is 9.71. The molecule has 4 aliphatic rings. The number of hydrogen-bond donors (Lipinski definition) is 2. The van der Waals surface area contributed by atoms with E-state index in [2.05, 4.69) is 55.0 Å². The molecule has 1 aromatic heterocycles. The average molecular weight is 758 g/mol. The van der Waals surface area contributed by atoms with E-state index >= 15 is 0 Å². The summed E-state index contributed by atoms with van der Waals surface area (Å²) in [5.41, 5.74) is 4.60. The number of carboxylic acid groups (broad SMARTS) is 1. The fourth-order valence-electron chi connectivity index (χ4n) is 10.2. The first-order valence-electron chi connectivity index (χ1n) is 20.7. The summed E-state index contributed by atoms with van der Waals surface area (Å²) in [6, 6.07) is 14.0. The predicted molar refractivity (Wildman–Crippen MR) is 216 cm³/mol. The molecule has 2 N–H and O–H groups in total. The Morgan fingerprint density at radius 3 is 2.52 bits per heavy atom. The first kappa shape index (κ1) is 38.8. The molecule has 4 atom stereocenters. The lowest BCUT2D eigenvalue weighted by Crippen LogP contribution is -2.53. The molecule has 2 heterocycles. The number of carboxylic acids is 1. The van der Waals surface area contributed by atoms with Crippen LogP contribution in [0, 0.1) is 17.8 Å². The van der Waals surface area contributed by atoms with Gasteiger partial charge in [0.1, 0.15) is 11.3 Å². The highest BCUT2D eigenvalue weighted by Crippen LogP contribution is 2.58. The zero-order valence-corrected chi connectivity index (χ0v) is 33.6. The molecule has 0 radical (unpaired) electrons. The Morgan fingerprint density at radius 2 is 1.81 bits per heavy atom. The quantitative estimate of drug-likeness (QED) is 0.168. The van der Waals surface area contributed by atoms with Gasteiger partial charge in [-0.25, -0.2) is 4.79 Å². The van der Waals surface area contributed by atoms with Crippen molar-refractivity contribution in [1.29, 1.82) is 0 Å². The maximum Gasteiger partial charge on any atom is 0.329 e. The van der Waals surface area contributed by atoms with Crippen LogP contribution in [0.15, 0.2) is 48.7 Å². The summed E-state index contributed by atoms with van der Waals surface area (Å²) in [6.45, 7) is 14.1. The highest BCUT2D eigenvalue weighted by Gasteiger charge is 2.54. The molecule has 3 aliphatic carbocycles. The van der Waals surface area contributed by atoms with Crippen LogP contribution >= 0.6 is 11.6 Å². The number of halogens is 1. The van der Waals surface area contributed by atoms with Crippen molar-refractivity contribution in [2.24, 2.45) is 17.8 Å². The van der Waals surface area contributed by atoms with E-state index in [0.717, 1.165) is 87.5 Å². The van der Waals surface area contributed by atoms with Gasteiger partial charge < -0.3 is 29.5 Å². The molecule has 1 fully saturated rings. The second-order valence-electron chi connectivity index (χ2n) is 16.9. The molecule has 3 aromatic rings. The Kier molecular flexibility index (Phi) is 12.0. The number of hydrogen-bond acceptors (Lipinski definition) is 7. The Labute approximate surface area is 327 Å². The van der Waals surface area contributed by atoms with Gasteiger partial charge in [-0.15, -0.1) is 0 Å². The second kappa shape index (κ2) is 16.7. The van der Waals surface area contributed by atoms with Gasteiger partial charge in [-0.1, -0.05) is 45.4 Å². The minimum Gasteiger partial charge on any atom is -0.493 e. The molecule has 54 heavy (non-hydrogen) atoms. The smallest absolute Gasteiger partial charge is 0.329 e. The summed E-state index contributed by atoms with van der Waals surface area (Å²) in [4.78, 5) is 20.3. The number of benzene rings is 2. The van der Waals surface area contributed by atoms with Crippen LogP contribution in [-0.4, -0.2) is 66.0 Å². The van der Waals surface area contributed by atoms with Gasteiger partial charge >= 0.3 is 5.97 Å². The summed E-state index contributed by atoms with van der Waals surface area (Å²) in [5.74, 6) is 3.25. The van der Waals surface area contributed by atoms with Gasteiger partial charge in [0, 0.05) is 40.6 Å². The highest BCUT2D eigenvalue weighted by atomic mass is 35.5. The Bertz CT molecular complexity index is 1770. The number of carbonyl (C=O) groups is 1. The number of pyridine rings is 1. The van der Waals surface area contributed by atoms with E-state index in [-0.39, 0.29) is 5.41 Å². The van der Waals surface area contributed by atoms with Crippen LogP contribution in [0.2, 0.25) is 5.02 Å². The van der Waals surface area contributed by atoms with Crippen molar-refractivity contribution < 1.29 is 24.1 Å². The lowest BCUT2D eigenvalue weighted by molar-refractivity contribution is -0.144. The zero-order chi connectivity index (χ0) is 37.9. The number of aromatic nitrogens is 1. The van der Waals surface area contributed by atoms with Crippen LogP contribution in [0.3, 0.4) is 0 Å². The maximum absolute atomic E-state index is 13.1. The fourth-order valence-corrected chi connectivity index (χ4v) is 10.4. The van der Waals surface area contributed by atoms with E-state index in [4.69, 9.17) is 25.8 Å². The number of aliphatic carboxylic acids is 1. The van der Waals surface area contributed by atoms with Gasteiger partial charge in [0.2, 0.25) is 0 Å². The molecular formula is C45H60ClN3O5. The van der Waals surface area contributed by atoms with E-state index in [1.807, 2.05) is 36.5 Å². The number of aryl methyl sites for hydroxylation is 1. The standard InChI is InChI=1S/C45H60ClN3O5/c1-5-19-49(20-6-2)26-32-28-53-40-23-33-22-34(21-30(3)27-52-39-13-18-47-38-12-7-9-31(4)42(38)39)44(37(33)25-41(40)54-29-32)14-16-45(17-15-44,43(50)51)48-36-11-8-10-35(46)24-36/h8,10-11,13,18,23-25,30-32,34,48H,5-7,9,12,14-17,19-22,26-29H2,1-4H3,(H,50,51)/t30-,31-,32?,34+,44?,45?/m1/s1. The van der Waals surface area contributed by atoms with Crippen molar-refractivity contribution in [3.63, 3.8) is 0 Å². The number of fused-ring (bicyclic) bond motifs is 4. The first-order valence-corrected chi connectivity index (χ1v) is 21.0. The summed E-state index contributed by atoms with van der Waals surface area (Å²) in [5, 5.41) is 14.7. The third-order valence-electron chi connectivity index (χ3n) is 12.9. The van der Waals surface area contributed by atoms with Gasteiger partial charge in [-0.3, -0.25) is 4.98 Å². The molecule has 0 bridgehead atoms. The molecule has 2 aromatic carbocycles. The van der Waals surface area contributed by atoms with Crippen LogP contribution in [-0.2, 0) is 23.1 Å². The molecule has 9 heteroatoms. The first-order chi connectivity index (χ1) is 26.1. The molecular weight excluding hydrogens is 698 g/mol. The lowest BCUT2D eigenvalue weighted by Gasteiger charge is -2.47. The molecule has 1 unspecified atom stereocenters. The normalized spacial score (nSPS) is 26.5. The number of ether oxygens (including phenoxy) is 3. The highest BCUT2D eigenvalue weighted by molar-refractivity contribution is 6.30. The molecule has 1 saturated carbocycles. The van der Waals surface area contributed by atoms with Crippen LogP contribution in [0.4, 0.5) is 5.69 Å². The van der Waals surface area contributed by atoms with Gasteiger partial charge in [0.15, 0.2) is 11.5 Å². The number of nitrogens with one attached hydrogen (secondary N) is 1. The topological polar surface area (TPSA) is 93.2 Å². The third-order valence-corrected chi connectivity index (χ3v) is 13.1. The average Bonchev–Trinajstić information content (AvgIpc) is 3.28. The Balaban J connectivity index is 1.13. The van der Waals surface area contributed by atoms with Gasteiger partial charge in [-0.05, 0) is 154 Å². The van der Waals surface area contributed by atoms with Crippen LogP contribution in [0.1, 0.15) is 114 Å². The molecule has 1 aliphatic heterocycles. The number of rotatable bonds is 14. The Morgan fingerprint density at radius 1 is 1.07 bits per heavy atom. The van der Waals surface area contributed by atoms with Crippen molar-refractivity contribution in [3.05, 3.63) is 76.1 Å². The maximum atomic E-state index is 13.1. The van der Waals surface area contributed by atoms with Gasteiger partial charge in [0.05, 0.1) is 19.8 Å². The van der Waals surface area contributed by atoms with Crippen LogP contribution < -0.4 is 19.5 Å². The molecule has 7 rings (SSSR count). The Hall–Kier alpha value is -3.49. The van der Waals surface area contributed by atoms with Crippen molar-refractivity contribution in [2.75, 3.05) is 44.8 Å². The molecule has 1 spiro atoms. The molecule has 0 saturated heterocycles. The second-order valence-corrected chi connectivity index (χ2v) is 17.4. The minimum absolute atomic E-state index is 0.175. The SMILES string of the molecule is CCCN(CCC)CC1COc2cc3c(cc2OC1)C1(CCC(Nc2cccc(Cl)c2)(C(=O)O)CC1)[C@@H](C[C@@H](C)COc1ccnc2c1[C@H](C)CCC2)C3. The van der Waals surface area contributed by atoms with E-state index in [9.17, 15) is 9.90 Å². The van der Waals surface area contributed by atoms with Crippen LogP contribution in [0.5, 0.6) is 17.2 Å². The van der Waals surface area contributed by atoms with Crippen LogP contribution in [0.25, 0.3) is 0 Å².